The highest BCUT2D eigenvalue weighted by atomic mass is 35.5. The first-order valence-corrected chi connectivity index (χ1v) is 13.3. The number of fused-ring (bicyclic) bond motifs is 1. The Morgan fingerprint density at radius 2 is 1.59 bits per heavy atom. The van der Waals surface area contributed by atoms with Gasteiger partial charge in [0.1, 0.15) is 0 Å². The molecule has 0 saturated carbocycles. The van der Waals surface area contributed by atoms with Crippen LogP contribution >= 0.6 is 11.6 Å². The van der Waals surface area contributed by atoms with Crippen molar-refractivity contribution in [3.8, 4) is 0 Å². The predicted molar refractivity (Wildman–Crippen MR) is 133 cm³/mol. The Kier molecular flexibility index (Phi) is 6.23. The van der Waals surface area contributed by atoms with E-state index in [0.29, 0.717) is 18.1 Å². The summed E-state index contributed by atoms with van der Waals surface area (Å²) in [4.78, 5) is 15.9. The van der Waals surface area contributed by atoms with E-state index in [9.17, 15) is 13.2 Å². The Bertz CT molecular complexity index is 1310. The van der Waals surface area contributed by atoms with Gasteiger partial charge in [-0.15, -0.1) is 0 Å². The minimum absolute atomic E-state index is 0.0221. The molecule has 34 heavy (non-hydrogen) atoms. The van der Waals surface area contributed by atoms with Crippen LogP contribution in [0.25, 0.3) is 0 Å². The molecule has 176 valence electrons. The molecule has 0 radical (unpaired) electrons. The number of hydrogen-bond donors (Lipinski definition) is 0. The molecule has 2 unspecified atom stereocenters. The monoisotopic (exact) mass is 494 g/mol. The van der Waals surface area contributed by atoms with E-state index in [1.807, 2.05) is 48.2 Å². The van der Waals surface area contributed by atoms with Crippen molar-refractivity contribution in [2.45, 2.75) is 30.7 Å². The minimum Gasteiger partial charge on any atom is -0.338 e. The maximum Gasteiger partial charge on any atom is 0.243 e. The fraction of sp³-hybridized carbons (Fsp3) is 0.296. The normalized spacial score (nSPS) is 20.8. The van der Waals surface area contributed by atoms with E-state index in [1.165, 1.54) is 22.0 Å². The summed E-state index contributed by atoms with van der Waals surface area (Å²) >= 11 is 5.97. The molecule has 2 aliphatic rings. The van der Waals surface area contributed by atoms with Gasteiger partial charge >= 0.3 is 0 Å². The van der Waals surface area contributed by atoms with Crippen molar-refractivity contribution in [1.82, 2.24) is 9.21 Å². The first-order chi connectivity index (χ1) is 16.3. The molecule has 3 aromatic rings. The van der Waals surface area contributed by atoms with Crippen molar-refractivity contribution in [2.75, 3.05) is 19.6 Å². The number of benzene rings is 3. The van der Waals surface area contributed by atoms with Crippen LogP contribution in [-0.2, 0) is 27.8 Å². The van der Waals surface area contributed by atoms with Gasteiger partial charge in [-0.05, 0) is 54.3 Å². The average molecular weight is 495 g/mol. The summed E-state index contributed by atoms with van der Waals surface area (Å²) < 4.78 is 28.3. The number of carbonyl (C=O) groups excluding carboxylic acids is 1. The molecule has 2 atom stereocenters. The van der Waals surface area contributed by atoms with E-state index in [4.69, 9.17) is 11.6 Å². The lowest BCUT2D eigenvalue weighted by atomic mass is 9.87. The lowest BCUT2D eigenvalue weighted by Gasteiger charge is -2.32. The summed E-state index contributed by atoms with van der Waals surface area (Å²) in [6.07, 6.45) is 0.816. The molecule has 0 aromatic heterocycles. The molecule has 1 saturated heterocycles. The summed E-state index contributed by atoms with van der Waals surface area (Å²) in [6.45, 7) is 3.67. The Labute approximate surface area is 206 Å². The number of aryl methyl sites for hydroxylation is 1. The summed E-state index contributed by atoms with van der Waals surface area (Å²) in [6, 6.07) is 22.5. The zero-order valence-corrected chi connectivity index (χ0v) is 20.6. The third-order valence-corrected chi connectivity index (χ3v) is 9.10. The zero-order valence-electron chi connectivity index (χ0n) is 19.0. The van der Waals surface area contributed by atoms with Crippen LogP contribution in [0, 0.1) is 12.8 Å². The Hall–Kier alpha value is -2.67. The van der Waals surface area contributed by atoms with Crippen LogP contribution < -0.4 is 0 Å². The molecule has 0 bridgehead atoms. The largest absolute Gasteiger partial charge is 0.338 e. The second-order valence-electron chi connectivity index (χ2n) is 9.18. The van der Waals surface area contributed by atoms with Gasteiger partial charge in [0.2, 0.25) is 15.9 Å². The van der Waals surface area contributed by atoms with Gasteiger partial charge in [-0.2, -0.15) is 4.31 Å². The lowest BCUT2D eigenvalue weighted by Crippen LogP contribution is -2.42. The molecule has 7 heteroatoms. The maximum atomic E-state index is 13.8. The van der Waals surface area contributed by atoms with Gasteiger partial charge in [0.15, 0.2) is 0 Å². The van der Waals surface area contributed by atoms with Gasteiger partial charge in [0.25, 0.3) is 0 Å². The molecule has 0 spiro atoms. The average Bonchev–Trinajstić information content (AvgIpc) is 3.30. The standard InChI is InChI=1S/C27H27ClN2O3S/c1-19-6-8-21(9-7-19)25-17-30(34(32,33)24-12-10-23(28)11-13-24)18-26(25)27(31)29-15-14-20-4-2-3-5-22(20)16-29/h2-13,25-26H,14-18H2,1H3. The molecule has 2 heterocycles. The number of carbonyl (C=O) groups is 1. The van der Waals surface area contributed by atoms with Gasteiger partial charge in [0, 0.05) is 37.1 Å². The van der Waals surface area contributed by atoms with Crippen LogP contribution in [0.1, 0.15) is 28.2 Å². The second-order valence-corrected chi connectivity index (χ2v) is 11.6. The first kappa shape index (κ1) is 23.1. The summed E-state index contributed by atoms with van der Waals surface area (Å²) in [5.41, 5.74) is 4.57. The van der Waals surface area contributed by atoms with Crippen LogP contribution in [0.4, 0.5) is 0 Å². The smallest absolute Gasteiger partial charge is 0.243 e. The van der Waals surface area contributed by atoms with Gasteiger partial charge < -0.3 is 4.90 Å². The first-order valence-electron chi connectivity index (χ1n) is 11.5. The summed E-state index contributed by atoms with van der Waals surface area (Å²) in [5, 5.41) is 0.483. The Balaban J connectivity index is 1.45. The van der Waals surface area contributed by atoms with Crippen molar-refractivity contribution in [3.05, 3.63) is 100 Å². The maximum absolute atomic E-state index is 13.8. The second kappa shape index (κ2) is 9.17. The molecule has 1 amide bonds. The number of sulfonamides is 1. The van der Waals surface area contributed by atoms with Gasteiger partial charge in [-0.25, -0.2) is 8.42 Å². The topological polar surface area (TPSA) is 57.7 Å². The third-order valence-electron chi connectivity index (χ3n) is 7.00. The van der Waals surface area contributed by atoms with E-state index >= 15 is 0 Å². The summed E-state index contributed by atoms with van der Waals surface area (Å²) in [5.74, 6) is -0.615. The van der Waals surface area contributed by atoms with Crippen molar-refractivity contribution < 1.29 is 13.2 Å². The van der Waals surface area contributed by atoms with Crippen LogP contribution in [0.2, 0.25) is 5.02 Å². The van der Waals surface area contributed by atoms with Gasteiger partial charge in [0.05, 0.1) is 10.8 Å². The highest BCUT2D eigenvalue weighted by Crippen LogP contribution is 2.38. The van der Waals surface area contributed by atoms with Crippen LogP contribution in [-0.4, -0.2) is 43.2 Å². The van der Waals surface area contributed by atoms with Crippen LogP contribution in [0.3, 0.4) is 0 Å². The third kappa shape index (κ3) is 4.38. The van der Waals surface area contributed by atoms with E-state index in [-0.39, 0.29) is 29.8 Å². The van der Waals surface area contributed by atoms with Crippen molar-refractivity contribution in [2.24, 2.45) is 5.92 Å². The number of halogens is 1. The highest BCUT2D eigenvalue weighted by Gasteiger charge is 2.45. The fourth-order valence-electron chi connectivity index (χ4n) is 5.04. The molecular formula is C27H27ClN2O3S. The molecule has 3 aromatic carbocycles. The lowest BCUT2D eigenvalue weighted by molar-refractivity contribution is -0.136. The van der Waals surface area contributed by atoms with Crippen LogP contribution in [0.5, 0.6) is 0 Å². The number of hydrogen-bond acceptors (Lipinski definition) is 3. The molecule has 2 aliphatic heterocycles. The van der Waals surface area contributed by atoms with Crippen LogP contribution in [0.15, 0.2) is 77.7 Å². The molecular weight excluding hydrogens is 468 g/mol. The van der Waals surface area contributed by atoms with E-state index in [0.717, 1.165) is 23.1 Å². The van der Waals surface area contributed by atoms with E-state index in [2.05, 4.69) is 12.1 Å². The quantitative estimate of drug-likeness (QED) is 0.531. The highest BCUT2D eigenvalue weighted by molar-refractivity contribution is 7.89. The SMILES string of the molecule is Cc1ccc(C2CN(S(=O)(=O)c3ccc(Cl)cc3)CC2C(=O)N2CCc3ccccc3C2)cc1. The summed E-state index contributed by atoms with van der Waals surface area (Å²) in [7, 11) is -3.75. The Morgan fingerprint density at radius 3 is 2.29 bits per heavy atom. The van der Waals surface area contributed by atoms with Crippen molar-refractivity contribution >= 4 is 27.5 Å². The van der Waals surface area contributed by atoms with E-state index in [1.54, 1.807) is 12.1 Å². The number of nitrogens with zero attached hydrogens (tertiary/aromatic N) is 2. The predicted octanol–water partition coefficient (Wildman–Crippen LogP) is 4.64. The van der Waals surface area contributed by atoms with Crippen molar-refractivity contribution in [3.63, 3.8) is 0 Å². The van der Waals surface area contributed by atoms with Crippen molar-refractivity contribution in [1.29, 1.82) is 0 Å². The fourth-order valence-corrected chi connectivity index (χ4v) is 6.66. The van der Waals surface area contributed by atoms with Gasteiger partial charge in [-0.3, -0.25) is 4.79 Å². The van der Waals surface area contributed by atoms with E-state index < -0.39 is 15.9 Å². The zero-order chi connectivity index (χ0) is 23.9. The molecule has 5 rings (SSSR count). The minimum atomic E-state index is -3.75. The Morgan fingerprint density at radius 1 is 0.912 bits per heavy atom. The van der Waals surface area contributed by atoms with Gasteiger partial charge in [-0.1, -0.05) is 65.7 Å². The molecule has 0 N–H and O–H groups in total. The molecule has 5 nitrogen and oxygen atoms in total. The molecule has 0 aliphatic carbocycles. The number of rotatable bonds is 4. The molecule has 1 fully saturated rings. The number of amides is 1.